The highest BCUT2D eigenvalue weighted by atomic mass is 32.1. The summed E-state index contributed by atoms with van der Waals surface area (Å²) < 4.78 is 11.0. The van der Waals surface area contributed by atoms with Gasteiger partial charge in [-0.25, -0.2) is 14.6 Å². The third-order valence-electron chi connectivity index (χ3n) is 2.74. The number of fused-ring (bicyclic) bond motifs is 1. The minimum absolute atomic E-state index is 0.161. The molecule has 2 aromatic heterocycles. The van der Waals surface area contributed by atoms with Crippen LogP contribution < -0.4 is 5.56 Å². The lowest BCUT2D eigenvalue weighted by atomic mass is 10.3. The molecule has 0 aliphatic heterocycles. The van der Waals surface area contributed by atoms with E-state index in [1.807, 2.05) is 0 Å². The van der Waals surface area contributed by atoms with Crippen molar-refractivity contribution in [3.05, 3.63) is 32.7 Å². The van der Waals surface area contributed by atoms with Crippen LogP contribution in [0.15, 0.2) is 11.0 Å². The van der Waals surface area contributed by atoms with Crippen molar-refractivity contribution < 1.29 is 19.1 Å². The summed E-state index contributed by atoms with van der Waals surface area (Å²) >= 11 is 1.05. The van der Waals surface area contributed by atoms with Crippen LogP contribution in [-0.4, -0.2) is 34.5 Å². The molecule has 0 saturated carbocycles. The van der Waals surface area contributed by atoms with Gasteiger partial charge in [0.15, 0.2) is 4.96 Å². The van der Waals surface area contributed by atoms with E-state index in [0.29, 0.717) is 15.5 Å². The van der Waals surface area contributed by atoms with Crippen LogP contribution in [0.5, 0.6) is 0 Å². The Morgan fingerprint density at radius 2 is 1.86 bits per heavy atom. The molecule has 0 saturated heterocycles. The summed E-state index contributed by atoms with van der Waals surface area (Å²) in [5.74, 6) is -1.24. The Morgan fingerprint density at radius 1 is 1.24 bits per heavy atom. The average molecular weight is 310 g/mol. The van der Waals surface area contributed by atoms with Crippen molar-refractivity contribution in [2.24, 2.45) is 0 Å². The second kappa shape index (κ2) is 6.04. The summed E-state index contributed by atoms with van der Waals surface area (Å²) in [7, 11) is 0. The maximum atomic E-state index is 12.3. The highest BCUT2D eigenvalue weighted by molar-refractivity contribution is 7.18. The lowest BCUT2D eigenvalue weighted by Crippen LogP contribution is -2.24. The van der Waals surface area contributed by atoms with E-state index in [1.165, 1.54) is 10.6 Å². The Bertz CT molecular complexity index is 762. The fourth-order valence-electron chi connectivity index (χ4n) is 1.81. The van der Waals surface area contributed by atoms with Gasteiger partial charge in [0.2, 0.25) is 0 Å². The standard InChI is InChI=1S/C13H14N2O5S/c1-4-19-11(17)8-6-14-13-15(10(8)16)7(3)9(21-13)12(18)20-5-2/h6H,4-5H2,1-3H3. The Kier molecular flexibility index (Phi) is 4.37. The van der Waals surface area contributed by atoms with E-state index in [2.05, 4.69) is 4.98 Å². The first-order valence-corrected chi connectivity index (χ1v) is 7.18. The molecule has 0 aromatic carbocycles. The number of hydrogen-bond donors (Lipinski definition) is 0. The molecular formula is C13H14N2O5S. The molecule has 0 fully saturated rings. The van der Waals surface area contributed by atoms with Crippen molar-refractivity contribution in [3.8, 4) is 0 Å². The predicted octanol–water partition coefficient (Wildman–Crippen LogP) is 1.42. The molecule has 21 heavy (non-hydrogen) atoms. The zero-order chi connectivity index (χ0) is 15.6. The van der Waals surface area contributed by atoms with Crippen molar-refractivity contribution in [2.45, 2.75) is 20.8 Å². The first kappa shape index (κ1) is 15.2. The normalized spacial score (nSPS) is 10.6. The molecule has 0 aliphatic carbocycles. The maximum Gasteiger partial charge on any atom is 0.350 e. The topological polar surface area (TPSA) is 87.0 Å². The van der Waals surface area contributed by atoms with E-state index in [4.69, 9.17) is 9.47 Å². The number of aryl methyl sites for hydroxylation is 1. The lowest BCUT2D eigenvalue weighted by Gasteiger charge is -2.02. The number of ether oxygens (including phenoxy) is 2. The van der Waals surface area contributed by atoms with Gasteiger partial charge < -0.3 is 9.47 Å². The molecule has 0 bridgehead atoms. The third-order valence-corrected chi connectivity index (χ3v) is 3.88. The molecule has 0 unspecified atom stereocenters. The molecule has 0 amide bonds. The van der Waals surface area contributed by atoms with Gasteiger partial charge in [0.05, 0.1) is 25.1 Å². The van der Waals surface area contributed by atoms with Crippen molar-refractivity contribution in [3.63, 3.8) is 0 Å². The second-order valence-corrected chi connectivity index (χ2v) is 5.03. The SMILES string of the molecule is CCOC(=O)c1sc2ncc(C(=O)OCC)c(=O)n2c1C. The highest BCUT2D eigenvalue weighted by Gasteiger charge is 2.21. The largest absolute Gasteiger partial charge is 0.462 e. The molecule has 0 radical (unpaired) electrons. The third kappa shape index (κ3) is 2.66. The van der Waals surface area contributed by atoms with E-state index in [9.17, 15) is 14.4 Å². The Balaban J connectivity index is 2.60. The van der Waals surface area contributed by atoms with Crippen LogP contribution in [0, 0.1) is 6.92 Å². The summed E-state index contributed by atoms with van der Waals surface area (Å²) in [6, 6.07) is 0. The van der Waals surface area contributed by atoms with Crippen LogP contribution in [0.3, 0.4) is 0 Å². The molecule has 112 valence electrons. The molecular weight excluding hydrogens is 296 g/mol. The molecule has 8 heteroatoms. The monoisotopic (exact) mass is 310 g/mol. The second-order valence-electron chi connectivity index (χ2n) is 4.05. The van der Waals surface area contributed by atoms with Crippen molar-refractivity contribution in [1.82, 2.24) is 9.38 Å². The Hall–Kier alpha value is -2.22. The molecule has 2 aromatic rings. The highest BCUT2D eigenvalue weighted by Crippen LogP contribution is 2.21. The maximum absolute atomic E-state index is 12.3. The average Bonchev–Trinajstić information content (AvgIpc) is 2.78. The summed E-state index contributed by atoms with van der Waals surface area (Å²) in [5, 5.41) is 0. The molecule has 0 spiro atoms. The van der Waals surface area contributed by atoms with Gasteiger partial charge in [0.25, 0.3) is 5.56 Å². The number of carbonyl (C=O) groups is 2. The Labute approximate surface area is 124 Å². The van der Waals surface area contributed by atoms with E-state index in [1.54, 1.807) is 20.8 Å². The first-order valence-electron chi connectivity index (χ1n) is 6.36. The van der Waals surface area contributed by atoms with Gasteiger partial charge in [-0.3, -0.25) is 9.20 Å². The minimum atomic E-state index is -0.729. The van der Waals surface area contributed by atoms with Gasteiger partial charge >= 0.3 is 11.9 Å². The fourth-order valence-corrected chi connectivity index (χ4v) is 2.79. The number of aromatic nitrogens is 2. The van der Waals surface area contributed by atoms with Crippen LogP contribution in [0.25, 0.3) is 4.96 Å². The molecule has 0 aliphatic rings. The molecule has 0 N–H and O–H groups in total. The van der Waals surface area contributed by atoms with Crippen molar-refractivity contribution in [1.29, 1.82) is 0 Å². The van der Waals surface area contributed by atoms with E-state index in [-0.39, 0.29) is 18.8 Å². The van der Waals surface area contributed by atoms with Gasteiger partial charge in [-0.2, -0.15) is 0 Å². The van der Waals surface area contributed by atoms with Gasteiger partial charge in [0.1, 0.15) is 10.4 Å². The number of hydrogen-bond acceptors (Lipinski definition) is 7. The van der Waals surface area contributed by atoms with E-state index >= 15 is 0 Å². The predicted molar refractivity (Wildman–Crippen MR) is 76.0 cm³/mol. The quantitative estimate of drug-likeness (QED) is 0.794. The molecule has 7 nitrogen and oxygen atoms in total. The molecule has 2 heterocycles. The summed E-state index contributed by atoms with van der Waals surface area (Å²) in [4.78, 5) is 40.5. The zero-order valence-corrected chi connectivity index (χ0v) is 12.7. The summed E-state index contributed by atoms with van der Waals surface area (Å²) in [5.41, 5.74) is -0.314. The van der Waals surface area contributed by atoms with Crippen LogP contribution >= 0.6 is 11.3 Å². The van der Waals surface area contributed by atoms with Crippen molar-refractivity contribution >= 4 is 28.2 Å². The lowest BCUT2D eigenvalue weighted by molar-refractivity contribution is 0.0518. The van der Waals surface area contributed by atoms with Crippen LogP contribution in [0.2, 0.25) is 0 Å². The van der Waals surface area contributed by atoms with Gasteiger partial charge in [-0.15, -0.1) is 0 Å². The number of carbonyl (C=O) groups excluding carboxylic acids is 2. The van der Waals surface area contributed by atoms with Gasteiger partial charge in [0, 0.05) is 0 Å². The number of rotatable bonds is 4. The number of nitrogens with zero attached hydrogens (tertiary/aromatic N) is 2. The smallest absolute Gasteiger partial charge is 0.350 e. The van der Waals surface area contributed by atoms with E-state index in [0.717, 1.165) is 11.3 Å². The van der Waals surface area contributed by atoms with Crippen LogP contribution in [-0.2, 0) is 9.47 Å². The van der Waals surface area contributed by atoms with Crippen molar-refractivity contribution in [2.75, 3.05) is 13.2 Å². The zero-order valence-electron chi connectivity index (χ0n) is 11.8. The first-order chi connectivity index (χ1) is 10.0. The van der Waals surface area contributed by atoms with E-state index < -0.39 is 17.5 Å². The minimum Gasteiger partial charge on any atom is -0.462 e. The number of thiazole rings is 1. The Morgan fingerprint density at radius 3 is 2.48 bits per heavy atom. The summed E-state index contributed by atoms with van der Waals surface area (Å²) in [6.45, 7) is 5.36. The summed E-state index contributed by atoms with van der Waals surface area (Å²) in [6.07, 6.45) is 1.17. The fraction of sp³-hybridized carbons (Fsp3) is 0.385. The molecule has 2 rings (SSSR count). The van der Waals surface area contributed by atoms with Crippen LogP contribution in [0.1, 0.15) is 39.6 Å². The number of esters is 2. The van der Waals surface area contributed by atoms with Gasteiger partial charge in [-0.1, -0.05) is 11.3 Å². The van der Waals surface area contributed by atoms with Crippen LogP contribution in [0.4, 0.5) is 0 Å². The molecule has 0 atom stereocenters. The van der Waals surface area contributed by atoms with Gasteiger partial charge in [-0.05, 0) is 20.8 Å².